The van der Waals surface area contributed by atoms with E-state index in [-0.39, 0.29) is 11.8 Å². The average Bonchev–Trinajstić information content (AvgIpc) is 2.28. The Kier molecular flexibility index (Phi) is 5.62. The molecule has 1 aromatic heterocycles. The van der Waals surface area contributed by atoms with Crippen molar-refractivity contribution in [3.8, 4) is 0 Å². The molecule has 5 nitrogen and oxygen atoms in total. The maximum atomic E-state index is 11.6. The van der Waals surface area contributed by atoms with E-state index in [1.165, 1.54) is 13.1 Å². The van der Waals surface area contributed by atoms with Crippen LogP contribution in [0.25, 0.3) is 0 Å². The number of carbonyl (C=O) groups excluding carboxylic acids is 2. The molecule has 92 valence electrons. The normalized spacial score (nSPS) is 9.76. The summed E-state index contributed by atoms with van der Waals surface area (Å²) < 4.78 is 0.767. The minimum Gasteiger partial charge on any atom is -0.356 e. The van der Waals surface area contributed by atoms with Crippen LogP contribution in [0.3, 0.4) is 0 Å². The molecule has 1 aromatic rings. The number of nitrogens with zero attached hydrogens (tertiary/aromatic N) is 1. The van der Waals surface area contributed by atoms with Crippen molar-refractivity contribution in [1.82, 2.24) is 15.6 Å². The number of pyridine rings is 1. The van der Waals surface area contributed by atoms with Gasteiger partial charge in [-0.25, -0.2) is 0 Å². The molecule has 0 atom stereocenters. The fraction of sp³-hybridized carbons (Fsp3) is 0.364. The van der Waals surface area contributed by atoms with Gasteiger partial charge in [0.25, 0.3) is 5.91 Å². The van der Waals surface area contributed by atoms with Gasteiger partial charge in [-0.1, -0.05) is 0 Å². The molecule has 0 radical (unpaired) electrons. The Balaban J connectivity index is 2.28. The van der Waals surface area contributed by atoms with Crippen LogP contribution in [0.2, 0.25) is 0 Å². The van der Waals surface area contributed by atoms with Gasteiger partial charge >= 0.3 is 0 Å². The number of aromatic nitrogens is 1. The number of halogens is 1. The van der Waals surface area contributed by atoms with Crippen molar-refractivity contribution >= 4 is 27.7 Å². The van der Waals surface area contributed by atoms with Crippen LogP contribution in [0.1, 0.15) is 23.7 Å². The summed E-state index contributed by atoms with van der Waals surface area (Å²) in [5, 5.41) is 5.41. The third-order valence-corrected chi connectivity index (χ3v) is 2.41. The third kappa shape index (κ3) is 5.44. The van der Waals surface area contributed by atoms with Gasteiger partial charge in [0.1, 0.15) is 0 Å². The van der Waals surface area contributed by atoms with Crippen molar-refractivity contribution < 1.29 is 9.59 Å². The summed E-state index contributed by atoms with van der Waals surface area (Å²) in [5.41, 5.74) is 0.513. The quantitative estimate of drug-likeness (QED) is 0.800. The van der Waals surface area contributed by atoms with Crippen molar-refractivity contribution in [1.29, 1.82) is 0 Å². The van der Waals surface area contributed by atoms with Crippen molar-refractivity contribution in [2.75, 3.05) is 13.1 Å². The van der Waals surface area contributed by atoms with E-state index < -0.39 is 0 Å². The van der Waals surface area contributed by atoms with Gasteiger partial charge in [0, 0.05) is 36.9 Å². The van der Waals surface area contributed by atoms with Crippen LogP contribution >= 0.6 is 15.9 Å². The molecule has 0 aliphatic rings. The lowest BCUT2D eigenvalue weighted by Crippen LogP contribution is -2.28. The first-order valence-electron chi connectivity index (χ1n) is 5.23. The first kappa shape index (κ1) is 13.6. The highest BCUT2D eigenvalue weighted by atomic mass is 79.9. The number of hydrogen-bond acceptors (Lipinski definition) is 3. The van der Waals surface area contributed by atoms with Crippen LogP contribution in [0.5, 0.6) is 0 Å². The number of hydrogen-bond donors (Lipinski definition) is 2. The Labute approximate surface area is 108 Å². The lowest BCUT2D eigenvalue weighted by atomic mass is 10.2. The number of nitrogens with one attached hydrogen (secondary N) is 2. The zero-order valence-electron chi connectivity index (χ0n) is 9.50. The minimum atomic E-state index is -0.165. The molecule has 0 bridgehead atoms. The van der Waals surface area contributed by atoms with Gasteiger partial charge in [0.2, 0.25) is 5.91 Å². The SMILES string of the molecule is CC(=O)NCCCNC(=O)c1cncc(Br)c1. The van der Waals surface area contributed by atoms with E-state index in [9.17, 15) is 9.59 Å². The summed E-state index contributed by atoms with van der Waals surface area (Å²) in [6.45, 7) is 2.55. The predicted molar refractivity (Wildman–Crippen MR) is 67.6 cm³/mol. The molecule has 6 heteroatoms. The second-order valence-electron chi connectivity index (χ2n) is 3.48. The van der Waals surface area contributed by atoms with E-state index in [0.717, 1.165) is 4.47 Å². The monoisotopic (exact) mass is 299 g/mol. The molecule has 0 unspecified atom stereocenters. The van der Waals surface area contributed by atoms with E-state index in [2.05, 4.69) is 31.5 Å². The summed E-state index contributed by atoms with van der Waals surface area (Å²) in [7, 11) is 0. The molecule has 0 saturated heterocycles. The first-order chi connectivity index (χ1) is 8.09. The van der Waals surface area contributed by atoms with Crippen LogP contribution in [0.4, 0.5) is 0 Å². The molecular weight excluding hydrogens is 286 g/mol. The summed E-state index contributed by atoms with van der Waals surface area (Å²) in [5.74, 6) is -0.228. The van der Waals surface area contributed by atoms with Crippen LogP contribution < -0.4 is 10.6 Å². The van der Waals surface area contributed by atoms with Gasteiger partial charge in [-0.15, -0.1) is 0 Å². The maximum Gasteiger partial charge on any atom is 0.252 e. The van der Waals surface area contributed by atoms with Gasteiger partial charge in [-0.3, -0.25) is 14.6 Å². The van der Waals surface area contributed by atoms with Crippen molar-refractivity contribution in [2.24, 2.45) is 0 Å². The molecule has 0 aromatic carbocycles. The van der Waals surface area contributed by atoms with Gasteiger partial charge < -0.3 is 10.6 Å². The predicted octanol–water partition coefficient (Wildman–Crippen LogP) is 1.10. The highest BCUT2D eigenvalue weighted by Gasteiger charge is 2.05. The Morgan fingerprint density at radius 1 is 1.29 bits per heavy atom. The topological polar surface area (TPSA) is 71.1 Å². The van der Waals surface area contributed by atoms with Gasteiger partial charge in [0.05, 0.1) is 5.56 Å². The number of rotatable bonds is 5. The van der Waals surface area contributed by atoms with E-state index in [1.54, 1.807) is 12.3 Å². The minimum absolute atomic E-state index is 0.0625. The highest BCUT2D eigenvalue weighted by Crippen LogP contribution is 2.09. The molecule has 2 amide bonds. The van der Waals surface area contributed by atoms with Crippen molar-refractivity contribution in [3.05, 3.63) is 28.5 Å². The van der Waals surface area contributed by atoms with Gasteiger partial charge in [0.15, 0.2) is 0 Å². The third-order valence-electron chi connectivity index (χ3n) is 1.98. The smallest absolute Gasteiger partial charge is 0.252 e. The standard InChI is InChI=1S/C11H14BrN3O2/c1-8(16)14-3-2-4-15-11(17)9-5-10(12)7-13-6-9/h5-7H,2-4H2,1H3,(H,14,16)(H,15,17). The molecule has 1 rings (SSSR count). The highest BCUT2D eigenvalue weighted by molar-refractivity contribution is 9.10. The van der Waals surface area contributed by atoms with Crippen LogP contribution in [-0.4, -0.2) is 29.9 Å². The second kappa shape index (κ2) is 7.01. The van der Waals surface area contributed by atoms with Crippen LogP contribution in [0, 0.1) is 0 Å². The molecule has 17 heavy (non-hydrogen) atoms. The summed E-state index contributed by atoms with van der Waals surface area (Å²) in [4.78, 5) is 26.1. The molecular formula is C11H14BrN3O2. The van der Waals surface area contributed by atoms with Crippen LogP contribution in [0.15, 0.2) is 22.9 Å². The first-order valence-corrected chi connectivity index (χ1v) is 6.02. The average molecular weight is 300 g/mol. The largest absolute Gasteiger partial charge is 0.356 e. The summed E-state index contributed by atoms with van der Waals surface area (Å²) in [6.07, 6.45) is 3.83. The molecule has 0 fully saturated rings. The Morgan fingerprint density at radius 3 is 2.65 bits per heavy atom. The molecule has 2 N–H and O–H groups in total. The lowest BCUT2D eigenvalue weighted by molar-refractivity contribution is -0.118. The van der Waals surface area contributed by atoms with E-state index in [4.69, 9.17) is 0 Å². The zero-order valence-corrected chi connectivity index (χ0v) is 11.1. The Hall–Kier alpha value is -1.43. The van der Waals surface area contributed by atoms with Gasteiger partial charge in [-0.2, -0.15) is 0 Å². The van der Waals surface area contributed by atoms with Gasteiger partial charge in [-0.05, 0) is 28.4 Å². The van der Waals surface area contributed by atoms with E-state index in [1.807, 2.05) is 0 Å². The maximum absolute atomic E-state index is 11.6. The second-order valence-corrected chi connectivity index (χ2v) is 4.40. The number of amides is 2. The summed E-state index contributed by atoms with van der Waals surface area (Å²) in [6, 6.07) is 1.70. The lowest BCUT2D eigenvalue weighted by Gasteiger charge is -2.05. The Bertz CT molecular complexity index is 409. The van der Waals surface area contributed by atoms with Crippen LogP contribution in [-0.2, 0) is 4.79 Å². The zero-order chi connectivity index (χ0) is 12.7. The Morgan fingerprint density at radius 2 is 2.00 bits per heavy atom. The molecule has 0 aliphatic carbocycles. The fourth-order valence-electron chi connectivity index (χ4n) is 1.19. The molecule has 0 saturated carbocycles. The van der Waals surface area contributed by atoms with E-state index in [0.29, 0.717) is 25.1 Å². The van der Waals surface area contributed by atoms with Crippen molar-refractivity contribution in [3.63, 3.8) is 0 Å². The fourth-order valence-corrected chi connectivity index (χ4v) is 1.56. The molecule has 0 spiro atoms. The number of carbonyl (C=O) groups is 2. The molecule has 1 heterocycles. The summed E-state index contributed by atoms with van der Waals surface area (Å²) >= 11 is 3.25. The van der Waals surface area contributed by atoms with E-state index >= 15 is 0 Å². The molecule has 0 aliphatic heterocycles. The van der Waals surface area contributed by atoms with Crippen molar-refractivity contribution in [2.45, 2.75) is 13.3 Å².